The first-order valence-corrected chi connectivity index (χ1v) is 7.74. The van der Waals surface area contributed by atoms with Crippen LogP contribution < -0.4 is 9.47 Å². The summed E-state index contributed by atoms with van der Waals surface area (Å²) in [4.78, 5) is 2.01. The molecule has 1 aliphatic heterocycles. The Morgan fingerprint density at radius 3 is 2.26 bits per heavy atom. The molecule has 2 N–H and O–H groups in total. The number of allylic oxidation sites excluding steroid dienone is 1. The van der Waals surface area contributed by atoms with Crippen LogP contribution in [0, 0.1) is 5.92 Å². The van der Waals surface area contributed by atoms with Crippen LogP contribution in [-0.2, 0) is 0 Å². The molecule has 2 aliphatic rings. The highest BCUT2D eigenvalue weighted by molar-refractivity contribution is 6.12. The molecule has 3 unspecified atom stereocenters. The number of hydrogen-bond acceptors (Lipinski definition) is 5. The van der Waals surface area contributed by atoms with Gasteiger partial charge in [0.2, 0.25) is 0 Å². The third kappa shape index (κ3) is 3.75. The molecule has 5 nitrogen and oxygen atoms in total. The molecule has 2 radical (unpaired) electrons. The van der Waals surface area contributed by atoms with Gasteiger partial charge in [0.25, 0.3) is 0 Å². The second kappa shape index (κ2) is 7.64. The van der Waals surface area contributed by atoms with E-state index >= 15 is 0 Å². The van der Waals surface area contributed by atoms with Crippen molar-refractivity contribution in [3.05, 3.63) is 35.7 Å². The molecule has 23 heavy (non-hydrogen) atoms. The first kappa shape index (κ1) is 17.5. The third-order valence-electron chi connectivity index (χ3n) is 4.40. The zero-order chi connectivity index (χ0) is 17.0. The van der Waals surface area contributed by atoms with E-state index in [1.165, 1.54) is 0 Å². The monoisotopic (exact) mass is 317 g/mol. The second-order valence-corrected chi connectivity index (χ2v) is 5.88. The average Bonchev–Trinajstić information content (AvgIpc) is 2.94. The van der Waals surface area contributed by atoms with Gasteiger partial charge in [-0.2, -0.15) is 0 Å². The van der Waals surface area contributed by atoms with Gasteiger partial charge in [0.1, 0.15) is 11.9 Å². The van der Waals surface area contributed by atoms with Crippen molar-refractivity contribution in [3.63, 3.8) is 0 Å². The van der Waals surface area contributed by atoms with E-state index in [9.17, 15) is 10.2 Å². The maximum Gasteiger partial charge on any atom is 0.160 e. The fraction of sp³-hybridized carbons (Fsp3) is 0.529. The van der Waals surface area contributed by atoms with Crippen LogP contribution in [0.3, 0.4) is 0 Å². The SMILES string of the molecule is COc1ccccc1OC.[B]C1CC2CCN(C)C2=C(O)C1O. The van der Waals surface area contributed by atoms with Crippen molar-refractivity contribution in [3.8, 4) is 11.5 Å². The summed E-state index contributed by atoms with van der Waals surface area (Å²) in [6, 6.07) is 7.53. The molecule has 0 amide bonds. The number of ether oxygens (including phenoxy) is 2. The van der Waals surface area contributed by atoms with Crippen LogP contribution in [0.5, 0.6) is 11.5 Å². The molecular formula is C17H24BNO4. The predicted octanol–water partition coefficient (Wildman–Crippen LogP) is 2.13. The van der Waals surface area contributed by atoms with Gasteiger partial charge in [0.15, 0.2) is 11.5 Å². The summed E-state index contributed by atoms with van der Waals surface area (Å²) < 4.78 is 10.0. The average molecular weight is 317 g/mol. The van der Waals surface area contributed by atoms with Crippen molar-refractivity contribution in [1.29, 1.82) is 0 Å². The number of nitrogens with zero attached hydrogens (tertiary/aromatic N) is 1. The molecular weight excluding hydrogens is 293 g/mol. The summed E-state index contributed by atoms with van der Waals surface area (Å²) in [7, 11) is 10.9. The normalized spacial score (nSPS) is 26.3. The van der Waals surface area contributed by atoms with E-state index in [1.54, 1.807) is 14.2 Å². The molecule has 0 saturated carbocycles. The lowest BCUT2D eigenvalue weighted by molar-refractivity contribution is 0.117. The zero-order valence-corrected chi connectivity index (χ0v) is 13.9. The summed E-state index contributed by atoms with van der Waals surface area (Å²) in [6.45, 7) is 0.948. The Labute approximate surface area is 138 Å². The summed E-state index contributed by atoms with van der Waals surface area (Å²) in [5, 5.41) is 19.2. The Morgan fingerprint density at radius 1 is 1.17 bits per heavy atom. The van der Waals surface area contributed by atoms with Gasteiger partial charge in [-0.15, -0.1) is 0 Å². The van der Waals surface area contributed by atoms with Crippen LogP contribution in [-0.4, -0.2) is 56.9 Å². The van der Waals surface area contributed by atoms with Crippen molar-refractivity contribution < 1.29 is 19.7 Å². The van der Waals surface area contributed by atoms with E-state index in [0.717, 1.165) is 36.6 Å². The first-order valence-electron chi connectivity index (χ1n) is 7.74. The molecule has 124 valence electrons. The maximum atomic E-state index is 9.70. The Balaban J connectivity index is 0.000000174. The highest BCUT2D eigenvalue weighted by Crippen LogP contribution is 2.41. The van der Waals surface area contributed by atoms with Gasteiger partial charge in [-0.05, 0) is 30.8 Å². The molecule has 1 fully saturated rings. The minimum Gasteiger partial charge on any atom is -0.508 e. The van der Waals surface area contributed by atoms with E-state index in [0.29, 0.717) is 5.92 Å². The summed E-state index contributed by atoms with van der Waals surface area (Å²) in [5.74, 6) is 1.67. The van der Waals surface area contributed by atoms with Crippen molar-refractivity contribution >= 4 is 7.85 Å². The van der Waals surface area contributed by atoms with Crippen LogP contribution in [0.1, 0.15) is 12.8 Å². The number of hydrogen-bond donors (Lipinski definition) is 2. The molecule has 0 spiro atoms. The first-order chi connectivity index (χ1) is 11.0. The Kier molecular flexibility index (Phi) is 5.83. The van der Waals surface area contributed by atoms with Crippen molar-refractivity contribution in [2.75, 3.05) is 27.8 Å². The van der Waals surface area contributed by atoms with E-state index in [-0.39, 0.29) is 11.6 Å². The van der Waals surface area contributed by atoms with Gasteiger partial charge in [-0.3, -0.25) is 0 Å². The van der Waals surface area contributed by atoms with Crippen LogP contribution in [0.4, 0.5) is 0 Å². The fourth-order valence-electron chi connectivity index (χ4n) is 3.15. The lowest BCUT2D eigenvalue weighted by atomic mass is 9.70. The number of para-hydroxylation sites is 2. The number of likely N-dealkylation sites (tertiary alicyclic amines) is 1. The molecule has 1 aliphatic carbocycles. The molecule has 1 saturated heterocycles. The van der Waals surface area contributed by atoms with Gasteiger partial charge >= 0.3 is 0 Å². The highest BCUT2D eigenvalue weighted by Gasteiger charge is 2.38. The van der Waals surface area contributed by atoms with Crippen molar-refractivity contribution in [2.45, 2.75) is 24.8 Å². The molecule has 3 atom stereocenters. The number of methoxy groups -OCH3 is 2. The smallest absolute Gasteiger partial charge is 0.160 e. The summed E-state index contributed by atoms with van der Waals surface area (Å²) >= 11 is 0. The number of benzene rings is 1. The quantitative estimate of drug-likeness (QED) is 0.818. The number of aliphatic hydroxyl groups excluding tert-OH is 2. The Bertz CT molecular complexity index is 540. The van der Waals surface area contributed by atoms with Crippen molar-refractivity contribution in [2.24, 2.45) is 5.92 Å². The number of rotatable bonds is 2. The van der Waals surface area contributed by atoms with Crippen molar-refractivity contribution in [1.82, 2.24) is 4.90 Å². The molecule has 0 bridgehead atoms. The van der Waals surface area contributed by atoms with Gasteiger partial charge < -0.3 is 24.6 Å². The molecule has 3 rings (SSSR count). The highest BCUT2D eigenvalue weighted by atomic mass is 16.5. The van der Waals surface area contributed by atoms with Crippen LogP contribution in [0.25, 0.3) is 0 Å². The summed E-state index contributed by atoms with van der Waals surface area (Å²) in [6.07, 6.45) is 0.952. The topological polar surface area (TPSA) is 62.2 Å². The van der Waals surface area contributed by atoms with Gasteiger partial charge in [0, 0.05) is 19.5 Å². The molecule has 0 aromatic heterocycles. The van der Waals surface area contributed by atoms with E-state index in [1.807, 2.05) is 36.2 Å². The molecule has 1 heterocycles. The molecule has 1 aromatic carbocycles. The number of fused-ring (bicyclic) bond motifs is 1. The number of aliphatic hydroxyl groups is 2. The minimum absolute atomic E-state index is 0.0868. The largest absolute Gasteiger partial charge is 0.508 e. The zero-order valence-electron chi connectivity index (χ0n) is 13.9. The van der Waals surface area contributed by atoms with E-state index < -0.39 is 6.10 Å². The van der Waals surface area contributed by atoms with Crippen LogP contribution in [0.2, 0.25) is 5.82 Å². The Hall–Kier alpha value is -1.82. The lowest BCUT2D eigenvalue weighted by Gasteiger charge is -2.31. The Morgan fingerprint density at radius 2 is 1.74 bits per heavy atom. The fourth-order valence-corrected chi connectivity index (χ4v) is 3.15. The van der Waals surface area contributed by atoms with E-state index in [2.05, 4.69) is 0 Å². The molecule has 6 heteroatoms. The van der Waals surface area contributed by atoms with Gasteiger partial charge in [-0.25, -0.2) is 0 Å². The second-order valence-electron chi connectivity index (χ2n) is 5.88. The van der Waals surface area contributed by atoms with Crippen LogP contribution in [0.15, 0.2) is 35.7 Å². The van der Waals surface area contributed by atoms with E-state index in [4.69, 9.17) is 17.3 Å². The minimum atomic E-state index is -0.869. The van der Waals surface area contributed by atoms with Crippen LogP contribution >= 0.6 is 0 Å². The lowest BCUT2D eigenvalue weighted by Crippen LogP contribution is -2.30. The standard InChI is InChI=1S/C9H14BNO2.C8H10O2/c1-11-3-2-5-4-6(10)8(12)9(13)7(5)11;1-9-7-5-3-4-6-8(7)10-2/h5-6,8,12-13H,2-4H2,1H3;3-6H,1-2H3. The van der Waals surface area contributed by atoms with Gasteiger partial charge in [0.05, 0.1) is 27.8 Å². The summed E-state index contributed by atoms with van der Waals surface area (Å²) in [5.41, 5.74) is 0.897. The maximum absolute atomic E-state index is 9.70. The molecule has 1 aromatic rings. The van der Waals surface area contributed by atoms with Gasteiger partial charge in [-0.1, -0.05) is 12.1 Å². The third-order valence-corrected chi connectivity index (χ3v) is 4.40. The predicted molar refractivity (Wildman–Crippen MR) is 90.1 cm³/mol.